The maximum absolute atomic E-state index is 12.4. The molecule has 0 saturated heterocycles. The average molecular weight is 370 g/mol. The maximum Gasteiger partial charge on any atom is 0.471 e. The Morgan fingerprint density at radius 1 is 1.31 bits per heavy atom. The lowest BCUT2D eigenvalue weighted by Gasteiger charge is -2.16. The monoisotopic (exact) mass is 370 g/mol. The summed E-state index contributed by atoms with van der Waals surface area (Å²) in [6.07, 6.45) is -4.74. The Morgan fingerprint density at radius 3 is 2.73 bits per heavy atom. The predicted octanol–water partition coefficient (Wildman–Crippen LogP) is 1.70. The lowest BCUT2D eigenvalue weighted by atomic mass is 10.3. The van der Waals surface area contributed by atoms with Crippen molar-refractivity contribution in [3.63, 3.8) is 0 Å². The summed E-state index contributed by atoms with van der Waals surface area (Å²) in [4.78, 5) is 28.6. The maximum atomic E-state index is 12.4. The highest BCUT2D eigenvalue weighted by molar-refractivity contribution is 5.79. The molecule has 2 aromatic heterocycles. The summed E-state index contributed by atoms with van der Waals surface area (Å²) in [7, 11) is 1.46. The van der Waals surface area contributed by atoms with Crippen LogP contribution in [0.15, 0.2) is 38.0 Å². The van der Waals surface area contributed by atoms with Crippen molar-refractivity contribution in [1.82, 2.24) is 19.6 Å². The fourth-order valence-electron chi connectivity index (χ4n) is 2.28. The summed E-state index contributed by atoms with van der Waals surface area (Å²) in [6, 6.07) is 6.65. The molecule has 2 heterocycles. The Bertz CT molecular complexity index is 989. The van der Waals surface area contributed by atoms with Crippen LogP contribution >= 0.6 is 0 Å². The van der Waals surface area contributed by atoms with E-state index in [1.807, 2.05) is 0 Å². The summed E-state index contributed by atoms with van der Waals surface area (Å²) in [5.41, 5.74) is 0.840. The molecule has 0 atom stereocenters. The molecule has 3 rings (SSSR count). The Kier molecular flexibility index (Phi) is 4.53. The van der Waals surface area contributed by atoms with Crippen molar-refractivity contribution in [3.8, 4) is 0 Å². The number of carbonyl (C=O) groups is 1. The van der Waals surface area contributed by atoms with E-state index < -0.39 is 23.7 Å². The zero-order valence-electron chi connectivity index (χ0n) is 13.5. The summed E-state index contributed by atoms with van der Waals surface area (Å²) >= 11 is 0. The van der Waals surface area contributed by atoms with Gasteiger partial charge >= 0.3 is 17.8 Å². The van der Waals surface area contributed by atoms with E-state index in [4.69, 9.17) is 4.42 Å². The van der Waals surface area contributed by atoms with Crippen LogP contribution < -0.4 is 5.76 Å². The number of halogens is 3. The molecule has 3 aromatic rings. The highest BCUT2D eigenvalue weighted by Crippen LogP contribution is 2.27. The van der Waals surface area contributed by atoms with Crippen molar-refractivity contribution < 1.29 is 26.9 Å². The third-order valence-electron chi connectivity index (χ3n) is 3.67. The molecule has 138 valence electrons. The second-order valence-electron chi connectivity index (χ2n) is 5.50. The molecule has 26 heavy (non-hydrogen) atoms. The lowest BCUT2D eigenvalue weighted by Crippen LogP contribution is -2.34. The van der Waals surface area contributed by atoms with Crippen molar-refractivity contribution in [3.05, 3.63) is 46.5 Å². The van der Waals surface area contributed by atoms with Gasteiger partial charge in [0.2, 0.25) is 5.91 Å². The quantitative estimate of drug-likeness (QED) is 0.679. The Hall–Kier alpha value is -3.11. The fraction of sp³-hybridized carbons (Fsp3) is 0.333. The lowest BCUT2D eigenvalue weighted by molar-refractivity contribution is -0.159. The van der Waals surface area contributed by atoms with Crippen LogP contribution in [0.2, 0.25) is 0 Å². The van der Waals surface area contributed by atoms with E-state index in [0.29, 0.717) is 11.1 Å². The first-order chi connectivity index (χ1) is 12.3. The van der Waals surface area contributed by atoms with E-state index in [0.717, 1.165) is 0 Å². The van der Waals surface area contributed by atoms with Gasteiger partial charge in [-0.2, -0.15) is 18.2 Å². The number of rotatable bonds is 5. The summed E-state index contributed by atoms with van der Waals surface area (Å²) in [5, 5.41) is 3.23. The minimum Gasteiger partial charge on any atom is -0.408 e. The number of para-hydroxylation sites is 2. The number of hydrogen-bond acceptors (Lipinski definition) is 6. The van der Waals surface area contributed by atoms with Crippen molar-refractivity contribution in [2.75, 3.05) is 13.6 Å². The standard InChI is InChI=1S/C15H13F3N4O4/c1-21(7-6-11-19-13(26-20-11)15(16,17)18)12(23)8-22-9-4-2-3-5-10(9)25-14(22)24/h2-5H,6-8H2,1H3. The average Bonchev–Trinajstić information content (AvgIpc) is 3.18. The first-order valence-corrected chi connectivity index (χ1v) is 7.48. The highest BCUT2D eigenvalue weighted by atomic mass is 19.4. The van der Waals surface area contributed by atoms with E-state index in [-0.39, 0.29) is 25.3 Å². The van der Waals surface area contributed by atoms with Gasteiger partial charge in [0.05, 0.1) is 5.52 Å². The van der Waals surface area contributed by atoms with Crippen LogP contribution in [0.25, 0.3) is 11.1 Å². The molecular formula is C15H13F3N4O4. The minimum absolute atomic E-state index is 0.0249. The predicted molar refractivity (Wildman–Crippen MR) is 81.1 cm³/mol. The molecule has 0 spiro atoms. The number of alkyl halides is 3. The van der Waals surface area contributed by atoms with Crippen LogP contribution in [0.3, 0.4) is 0 Å². The van der Waals surface area contributed by atoms with E-state index in [1.165, 1.54) is 16.5 Å². The largest absolute Gasteiger partial charge is 0.471 e. The molecule has 0 saturated carbocycles. The van der Waals surface area contributed by atoms with Crippen LogP contribution in [-0.2, 0) is 23.9 Å². The number of hydrogen-bond donors (Lipinski definition) is 0. The number of carbonyl (C=O) groups excluding carboxylic acids is 1. The van der Waals surface area contributed by atoms with Crippen molar-refractivity contribution in [1.29, 1.82) is 0 Å². The molecule has 11 heteroatoms. The molecule has 0 unspecified atom stereocenters. The Balaban J connectivity index is 1.64. The van der Waals surface area contributed by atoms with Crippen molar-refractivity contribution in [2.45, 2.75) is 19.1 Å². The zero-order chi connectivity index (χ0) is 18.9. The smallest absolute Gasteiger partial charge is 0.408 e. The normalized spacial score (nSPS) is 11.8. The van der Waals surface area contributed by atoms with Crippen molar-refractivity contribution in [2.24, 2.45) is 0 Å². The molecule has 8 nitrogen and oxygen atoms in total. The molecule has 0 bridgehead atoms. The van der Waals surface area contributed by atoms with Gasteiger partial charge in [-0.1, -0.05) is 17.3 Å². The molecule has 0 aliphatic rings. The van der Waals surface area contributed by atoms with E-state index >= 15 is 0 Å². The minimum atomic E-state index is -4.71. The van der Waals surface area contributed by atoms with Gasteiger partial charge in [0.1, 0.15) is 6.54 Å². The summed E-state index contributed by atoms with van der Waals surface area (Å²) in [6.45, 7) is -0.202. The summed E-state index contributed by atoms with van der Waals surface area (Å²) < 4.78 is 47.6. The number of benzene rings is 1. The van der Waals surface area contributed by atoms with Gasteiger partial charge in [-0.3, -0.25) is 9.36 Å². The second kappa shape index (κ2) is 6.65. The highest BCUT2D eigenvalue weighted by Gasteiger charge is 2.38. The molecule has 0 fully saturated rings. The number of nitrogens with zero attached hydrogens (tertiary/aromatic N) is 4. The first-order valence-electron chi connectivity index (χ1n) is 7.48. The Labute approximate surface area is 143 Å². The van der Waals surface area contributed by atoms with E-state index in [1.54, 1.807) is 24.3 Å². The van der Waals surface area contributed by atoms with E-state index in [2.05, 4.69) is 14.7 Å². The molecular weight excluding hydrogens is 357 g/mol. The molecule has 0 aliphatic heterocycles. The van der Waals surface area contributed by atoms with Gasteiger partial charge in [-0.15, -0.1) is 0 Å². The number of amides is 1. The topological polar surface area (TPSA) is 94.4 Å². The second-order valence-corrected chi connectivity index (χ2v) is 5.50. The van der Waals surface area contributed by atoms with E-state index in [9.17, 15) is 22.8 Å². The van der Waals surface area contributed by atoms with Crippen LogP contribution in [0.5, 0.6) is 0 Å². The zero-order valence-corrected chi connectivity index (χ0v) is 13.5. The number of likely N-dealkylation sites (N-methyl/N-ethyl adjacent to an activating group) is 1. The molecule has 1 amide bonds. The SMILES string of the molecule is CN(CCc1noc(C(F)(F)F)n1)C(=O)Cn1c(=O)oc2ccccc21. The third kappa shape index (κ3) is 3.60. The van der Waals surface area contributed by atoms with Gasteiger partial charge in [0.15, 0.2) is 11.4 Å². The molecule has 0 radical (unpaired) electrons. The van der Waals surface area contributed by atoms with Gasteiger partial charge in [0, 0.05) is 20.0 Å². The number of aromatic nitrogens is 3. The molecule has 0 aliphatic carbocycles. The number of oxazole rings is 1. The Morgan fingerprint density at radius 2 is 2.04 bits per heavy atom. The van der Waals surface area contributed by atoms with Gasteiger partial charge in [-0.25, -0.2) is 4.79 Å². The molecule has 0 N–H and O–H groups in total. The molecule has 1 aromatic carbocycles. The fourth-order valence-corrected chi connectivity index (χ4v) is 2.28. The van der Waals surface area contributed by atoms with Crippen LogP contribution in [0, 0.1) is 0 Å². The van der Waals surface area contributed by atoms with Gasteiger partial charge in [-0.05, 0) is 12.1 Å². The summed E-state index contributed by atoms with van der Waals surface area (Å²) in [5.74, 6) is -2.68. The van der Waals surface area contributed by atoms with Crippen LogP contribution in [0.4, 0.5) is 13.2 Å². The van der Waals surface area contributed by atoms with Crippen molar-refractivity contribution >= 4 is 17.0 Å². The van der Waals surface area contributed by atoms with Gasteiger partial charge in [0.25, 0.3) is 0 Å². The van der Waals surface area contributed by atoms with Gasteiger partial charge < -0.3 is 13.8 Å². The number of fused-ring (bicyclic) bond motifs is 1. The van der Waals surface area contributed by atoms with Crippen LogP contribution in [0.1, 0.15) is 11.7 Å². The van der Waals surface area contributed by atoms with Crippen LogP contribution in [-0.4, -0.2) is 39.1 Å². The third-order valence-corrected chi connectivity index (χ3v) is 3.67. The first kappa shape index (κ1) is 17.7.